The first kappa shape index (κ1) is 19.5. The second-order valence-corrected chi connectivity index (χ2v) is 6.56. The number of aliphatic imine (C=N–C) groups is 1. The normalized spacial score (nSPS) is 14.6. The van der Waals surface area contributed by atoms with Crippen LogP contribution < -0.4 is 10.2 Å². The van der Waals surface area contributed by atoms with Gasteiger partial charge in [-0.3, -0.25) is 4.99 Å². The van der Waals surface area contributed by atoms with Gasteiger partial charge in [-0.2, -0.15) is 5.26 Å². The van der Waals surface area contributed by atoms with Gasteiger partial charge in [0.15, 0.2) is 5.96 Å². The topological polar surface area (TPSA) is 54.7 Å². The Balaban J connectivity index is 0.00000225. The maximum atomic E-state index is 8.99. The summed E-state index contributed by atoms with van der Waals surface area (Å²) in [5.74, 6) is 0.920. The molecular weight excluding hydrogens is 445 g/mol. The number of benzene rings is 1. The molecule has 132 valence electrons. The molecule has 1 saturated heterocycles. The fourth-order valence-electron chi connectivity index (χ4n) is 2.85. The van der Waals surface area contributed by atoms with E-state index >= 15 is 0 Å². The van der Waals surface area contributed by atoms with Gasteiger partial charge in [0.25, 0.3) is 0 Å². The summed E-state index contributed by atoms with van der Waals surface area (Å²) in [6.07, 6.45) is 0. The van der Waals surface area contributed by atoms with Crippen LogP contribution in [0.25, 0.3) is 0 Å². The van der Waals surface area contributed by atoms with E-state index in [0.29, 0.717) is 12.1 Å². The number of guanidine groups is 1. The lowest BCUT2D eigenvalue weighted by molar-refractivity contribution is 0.373. The van der Waals surface area contributed by atoms with Crippen LogP contribution in [0.5, 0.6) is 0 Å². The predicted octanol–water partition coefficient (Wildman–Crippen LogP) is 3.14. The van der Waals surface area contributed by atoms with Crippen molar-refractivity contribution in [1.29, 1.82) is 5.26 Å². The van der Waals surface area contributed by atoms with Gasteiger partial charge in [0.2, 0.25) is 0 Å². The van der Waals surface area contributed by atoms with Crippen molar-refractivity contribution in [3.63, 3.8) is 0 Å². The van der Waals surface area contributed by atoms with Crippen LogP contribution in [0.3, 0.4) is 0 Å². The molecule has 0 spiro atoms. The monoisotopic (exact) mass is 467 g/mol. The second kappa shape index (κ2) is 9.63. The highest BCUT2D eigenvalue weighted by molar-refractivity contribution is 14.0. The summed E-state index contributed by atoms with van der Waals surface area (Å²) in [4.78, 5) is 9.12. The van der Waals surface area contributed by atoms with Gasteiger partial charge >= 0.3 is 0 Å². The van der Waals surface area contributed by atoms with Crippen molar-refractivity contribution in [2.45, 2.75) is 6.54 Å². The van der Waals surface area contributed by atoms with Crippen molar-refractivity contribution in [3.8, 4) is 6.07 Å². The van der Waals surface area contributed by atoms with Crippen molar-refractivity contribution >= 4 is 46.3 Å². The number of nitrogens with zero attached hydrogens (tertiary/aromatic N) is 4. The zero-order chi connectivity index (χ0) is 16.8. The Hall–Kier alpha value is -1.79. The molecule has 2 aromatic rings. The molecule has 25 heavy (non-hydrogen) atoms. The van der Waals surface area contributed by atoms with E-state index in [-0.39, 0.29) is 24.0 Å². The summed E-state index contributed by atoms with van der Waals surface area (Å²) >= 11 is 1.79. The highest BCUT2D eigenvalue weighted by Crippen LogP contribution is 2.22. The van der Waals surface area contributed by atoms with Gasteiger partial charge in [-0.15, -0.1) is 35.3 Å². The van der Waals surface area contributed by atoms with E-state index in [9.17, 15) is 0 Å². The number of nitrogens with one attached hydrogen (secondary N) is 1. The van der Waals surface area contributed by atoms with Gasteiger partial charge in [-0.25, -0.2) is 0 Å². The van der Waals surface area contributed by atoms with Crippen molar-refractivity contribution in [1.82, 2.24) is 10.2 Å². The standard InChI is InChI=1S/C18H21N5S.HI/c1-20-18(21-14-16-5-2-4-15(12-16)13-19)23-9-7-22(8-10-23)17-6-3-11-24-17;/h2-6,11-12H,7-10,14H2,1H3,(H,20,21);1H. The minimum absolute atomic E-state index is 0. The van der Waals surface area contributed by atoms with Crippen LogP contribution in [0.15, 0.2) is 46.8 Å². The highest BCUT2D eigenvalue weighted by atomic mass is 127. The summed E-state index contributed by atoms with van der Waals surface area (Å²) in [7, 11) is 1.82. The van der Waals surface area contributed by atoms with E-state index in [4.69, 9.17) is 5.26 Å². The zero-order valence-electron chi connectivity index (χ0n) is 14.2. The number of thiophene rings is 1. The minimum atomic E-state index is 0. The molecular formula is C18H22IN5S. The van der Waals surface area contributed by atoms with Gasteiger partial charge in [0.1, 0.15) is 0 Å². The number of piperazine rings is 1. The van der Waals surface area contributed by atoms with Crippen LogP contribution in [0, 0.1) is 11.3 Å². The maximum Gasteiger partial charge on any atom is 0.194 e. The van der Waals surface area contributed by atoms with E-state index < -0.39 is 0 Å². The number of hydrogen-bond donors (Lipinski definition) is 1. The number of rotatable bonds is 3. The lowest BCUT2D eigenvalue weighted by Crippen LogP contribution is -2.52. The smallest absolute Gasteiger partial charge is 0.194 e. The summed E-state index contributed by atoms with van der Waals surface area (Å²) in [5.41, 5.74) is 1.78. The molecule has 1 N–H and O–H groups in total. The zero-order valence-corrected chi connectivity index (χ0v) is 17.3. The molecule has 3 rings (SSSR count). The first-order valence-electron chi connectivity index (χ1n) is 8.03. The maximum absolute atomic E-state index is 8.99. The molecule has 0 radical (unpaired) electrons. The lowest BCUT2D eigenvalue weighted by Gasteiger charge is -2.37. The highest BCUT2D eigenvalue weighted by Gasteiger charge is 2.20. The number of halogens is 1. The second-order valence-electron chi connectivity index (χ2n) is 5.64. The molecule has 7 heteroatoms. The Morgan fingerprint density at radius 3 is 2.68 bits per heavy atom. The summed E-state index contributed by atoms with van der Waals surface area (Å²) in [6.45, 7) is 4.59. The Morgan fingerprint density at radius 2 is 2.04 bits per heavy atom. The summed E-state index contributed by atoms with van der Waals surface area (Å²) in [5, 5.41) is 15.9. The lowest BCUT2D eigenvalue weighted by atomic mass is 10.1. The molecule has 5 nitrogen and oxygen atoms in total. The molecule has 0 atom stereocenters. The quantitative estimate of drug-likeness (QED) is 0.428. The van der Waals surface area contributed by atoms with Crippen LogP contribution >= 0.6 is 35.3 Å². The molecule has 1 fully saturated rings. The average molecular weight is 467 g/mol. The fourth-order valence-corrected chi connectivity index (χ4v) is 3.64. The van der Waals surface area contributed by atoms with Gasteiger partial charge in [0.05, 0.1) is 16.6 Å². The molecule has 0 amide bonds. The number of nitriles is 1. The van der Waals surface area contributed by atoms with Crippen molar-refractivity contribution in [3.05, 3.63) is 52.9 Å². The van der Waals surface area contributed by atoms with Gasteiger partial charge in [0, 0.05) is 39.8 Å². The number of anilines is 1. The summed E-state index contributed by atoms with van der Waals surface area (Å²) < 4.78 is 0. The largest absolute Gasteiger partial charge is 0.360 e. The SMILES string of the molecule is CN=C(NCc1cccc(C#N)c1)N1CCN(c2cccs2)CC1.I. The summed E-state index contributed by atoms with van der Waals surface area (Å²) in [6, 6.07) is 14.1. The van der Waals surface area contributed by atoms with Crippen LogP contribution in [0.2, 0.25) is 0 Å². The van der Waals surface area contributed by atoms with E-state index in [2.05, 4.69) is 43.7 Å². The molecule has 0 aliphatic carbocycles. The van der Waals surface area contributed by atoms with Crippen molar-refractivity contribution in [2.75, 3.05) is 38.1 Å². The molecule has 1 aromatic heterocycles. The Kier molecular flexibility index (Phi) is 7.52. The first-order chi connectivity index (χ1) is 11.8. The molecule has 1 aromatic carbocycles. The van der Waals surface area contributed by atoms with Crippen LogP contribution in [-0.2, 0) is 6.54 Å². The predicted molar refractivity (Wildman–Crippen MR) is 115 cm³/mol. The third kappa shape index (κ3) is 5.09. The van der Waals surface area contributed by atoms with Crippen LogP contribution in [0.1, 0.15) is 11.1 Å². The first-order valence-corrected chi connectivity index (χ1v) is 8.91. The molecule has 0 bridgehead atoms. The Morgan fingerprint density at radius 1 is 1.24 bits per heavy atom. The fraction of sp³-hybridized carbons (Fsp3) is 0.333. The van der Waals surface area contributed by atoms with Crippen LogP contribution in [0.4, 0.5) is 5.00 Å². The van der Waals surface area contributed by atoms with Gasteiger partial charge in [-0.05, 0) is 35.2 Å². The minimum Gasteiger partial charge on any atom is -0.360 e. The Bertz CT molecular complexity index is 730. The van der Waals surface area contributed by atoms with E-state index in [1.54, 1.807) is 11.3 Å². The van der Waals surface area contributed by atoms with E-state index in [1.807, 2.05) is 31.3 Å². The Labute approximate surface area is 170 Å². The molecule has 0 unspecified atom stereocenters. The van der Waals surface area contributed by atoms with Crippen molar-refractivity contribution < 1.29 is 0 Å². The third-order valence-corrected chi connectivity index (χ3v) is 5.04. The molecule has 1 aliphatic heterocycles. The molecule has 2 heterocycles. The van der Waals surface area contributed by atoms with Gasteiger partial charge < -0.3 is 15.1 Å². The van der Waals surface area contributed by atoms with Crippen molar-refractivity contribution in [2.24, 2.45) is 4.99 Å². The third-order valence-electron chi connectivity index (χ3n) is 4.12. The molecule has 1 aliphatic rings. The average Bonchev–Trinajstić information content (AvgIpc) is 3.18. The van der Waals surface area contributed by atoms with Crippen LogP contribution in [-0.4, -0.2) is 44.1 Å². The van der Waals surface area contributed by atoms with Gasteiger partial charge in [-0.1, -0.05) is 12.1 Å². The van der Waals surface area contributed by atoms with E-state index in [1.165, 1.54) is 5.00 Å². The number of hydrogen-bond acceptors (Lipinski definition) is 4. The van der Waals surface area contributed by atoms with E-state index in [0.717, 1.165) is 37.7 Å². The molecule has 0 saturated carbocycles.